The van der Waals surface area contributed by atoms with Crippen LogP contribution in [-0.2, 0) is 20.5 Å². The summed E-state index contributed by atoms with van der Waals surface area (Å²) in [5, 5.41) is 0.0979. The van der Waals surface area contributed by atoms with Crippen LogP contribution in [0.2, 0.25) is 0 Å². The molecule has 1 fully saturated rings. The van der Waals surface area contributed by atoms with Crippen molar-refractivity contribution in [3.8, 4) is 0 Å². The second-order valence-electron chi connectivity index (χ2n) is 7.58. The van der Waals surface area contributed by atoms with E-state index in [-0.39, 0.29) is 16.3 Å². The van der Waals surface area contributed by atoms with Crippen LogP contribution in [-0.4, -0.2) is 29.2 Å². The molecule has 1 aromatic rings. The highest BCUT2D eigenvalue weighted by Gasteiger charge is 2.52. The van der Waals surface area contributed by atoms with Crippen LogP contribution >= 0.6 is 11.8 Å². The van der Waals surface area contributed by atoms with Crippen molar-refractivity contribution in [1.82, 2.24) is 0 Å². The van der Waals surface area contributed by atoms with E-state index >= 15 is 0 Å². The van der Waals surface area contributed by atoms with Crippen LogP contribution in [0.4, 0.5) is 0 Å². The van der Waals surface area contributed by atoms with Gasteiger partial charge < -0.3 is 9.31 Å². The van der Waals surface area contributed by atoms with E-state index in [9.17, 15) is 4.79 Å². The first-order chi connectivity index (χ1) is 11.6. The first-order valence-electron chi connectivity index (χ1n) is 8.93. The van der Waals surface area contributed by atoms with Gasteiger partial charge >= 0.3 is 7.12 Å². The van der Waals surface area contributed by atoms with E-state index in [4.69, 9.17) is 9.31 Å². The maximum atomic E-state index is 11.4. The Kier molecular flexibility index (Phi) is 6.58. The summed E-state index contributed by atoms with van der Waals surface area (Å²) in [6.07, 6.45) is 4.33. The van der Waals surface area contributed by atoms with Crippen LogP contribution in [0, 0.1) is 0 Å². The summed E-state index contributed by atoms with van der Waals surface area (Å²) in [6.45, 7) is 11.9. The number of benzene rings is 1. The van der Waals surface area contributed by atoms with E-state index in [2.05, 4.69) is 37.3 Å². The molecule has 5 heteroatoms. The quantitative estimate of drug-likeness (QED) is 0.674. The van der Waals surface area contributed by atoms with E-state index in [1.165, 1.54) is 17.3 Å². The maximum absolute atomic E-state index is 11.4. The summed E-state index contributed by atoms with van der Waals surface area (Å²) in [7, 11) is -0.424. The molecule has 3 nitrogen and oxygen atoms in total. The molecule has 0 saturated carbocycles. The third kappa shape index (κ3) is 5.22. The summed E-state index contributed by atoms with van der Waals surface area (Å²) in [6, 6.07) is 8.56. The Morgan fingerprint density at radius 2 is 1.68 bits per heavy atom. The highest BCUT2D eigenvalue weighted by atomic mass is 32.2. The van der Waals surface area contributed by atoms with Gasteiger partial charge in [-0.3, -0.25) is 4.79 Å². The van der Waals surface area contributed by atoms with Gasteiger partial charge in [-0.1, -0.05) is 55.4 Å². The Morgan fingerprint density at radius 3 is 2.16 bits per heavy atom. The summed E-state index contributed by atoms with van der Waals surface area (Å²) >= 11 is 1.29. The molecule has 0 atom stereocenters. The molecule has 0 bridgehead atoms. The van der Waals surface area contributed by atoms with Gasteiger partial charge in [0.05, 0.1) is 11.2 Å². The molecule has 1 heterocycles. The molecule has 0 N–H and O–H groups in total. The first-order valence-corrected chi connectivity index (χ1v) is 9.91. The van der Waals surface area contributed by atoms with Crippen LogP contribution in [0.3, 0.4) is 0 Å². The molecular weight excluding hydrogens is 331 g/mol. The van der Waals surface area contributed by atoms with E-state index < -0.39 is 7.12 Å². The van der Waals surface area contributed by atoms with Crippen LogP contribution < -0.4 is 0 Å². The minimum absolute atomic E-state index is 0.0979. The third-order valence-corrected chi connectivity index (χ3v) is 5.75. The van der Waals surface area contributed by atoms with Crippen LogP contribution in [0.25, 0.3) is 6.08 Å². The van der Waals surface area contributed by atoms with Gasteiger partial charge in [-0.05, 0) is 50.7 Å². The zero-order chi connectivity index (χ0) is 18.7. The zero-order valence-electron chi connectivity index (χ0n) is 16.2. The molecule has 0 spiro atoms. The number of rotatable bonds is 6. The minimum Gasteiger partial charge on any atom is -0.400 e. The van der Waals surface area contributed by atoms with E-state index in [1.54, 1.807) is 6.92 Å². The van der Waals surface area contributed by atoms with Crippen molar-refractivity contribution < 1.29 is 14.1 Å². The molecule has 0 radical (unpaired) electrons. The number of carbonyl (C=O) groups is 1. The lowest BCUT2D eigenvalue weighted by molar-refractivity contribution is -0.109. The average molecular weight is 360 g/mol. The molecule has 25 heavy (non-hydrogen) atoms. The summed E-state index contributed by atoms with van der Waals surface area (Å²) in [4.78, 5) is 11.4. The maximum Gasteiger partial charge on any atom is 0.491 e. The van der Waals surface area contributed by atoms with E-state index in [0.717, 1.165) is 23.9 Å². The molecule has 1 aromatic carbocycles. The third-order valence-electron chi connectivity index (χ3n) is 4.87. The molecular formula is C20H29BO3S. The number of aryl methyl sites for hydroxylation is 1. The molecule has 1 aliphatic rings. The number of hydrogen-bond acceptors (Lipinski definition) is 4. The zero-order valence-corrected chi connectivity index (χ0v) is 17.0. The van der Waals surface area contributed by atoms with Crippen molar-refractivity contribution in [3.63, 3.8) is 0 Å². The summed E-state index contributed by atoms with van der Waals surface area (Å²) < 4.78 is 12.4. The average Bonchev–Trinajstić information content (AvgIpc) is 2.73. The van der Waals surface area contributed by atoms with Crippen molar-refractivity contribution in [2.45, 2.75) is 65.6 Å². The van der Waals surface area contributed by atoms with Gasteiger partial charge in [0.15, 0.2) is 5.12 Å². The second kappa shape index (κ2) is 8.11. The molecule has 0 amide bonds. The van der Waals surface area contributed by atoms with Crippen LogP contribution in [0.1, 0.15) is 59.1 Å². The van der Waals surface area contributed by atoms with Crippen molar-refractivity contribution in [3.05, 3.63) is 40.9 Å². The number of carbonyl (C=O) groups excluding carboxylic acids is 1. The fourth-order valence-electron chi connectivity index (χ4n) is 2.64. The lowest BCUT2D eigenvalue weighted by Gasteiger charge is -2.32. The number of thioether (sulfide) groups is 1. The van der Waals surface area contributed by atoms with Gasteiger partial charge in [-0.15, -0.1) is 0 Å². The summed E-state index contributed by atoms with van der Waals surface area (Å²) in [5.41, 5.74) is 2.66. The topological polar surface area (TPSA) is 35.5 Å². The van der Waals surface area contributed by atoms with Gasteiger partial charge in [0, 0.05) is 12.7 Å². The first kappa shape index (κ1) is 20.3. The lowest BCUT2D eigenvalue weighted by atomic mass is 9.78. The van der Waals surface area contributed by atoms with Crippen molar-refractivity contribution in [2.24, 2.45) is 0 Å². The molecule has 0 aliphatic carbocycles. The molecule has 1 aliphatic heterocycles. The molecule has 0 aromatic heterocycles. The van der Waals surface area contributed by atoms with E-state index in [0.29, 0.717) is 5.75 Å². The van der Waals surface area contributed by atoms with Crippen molar-refractivity contribution in [2.75, 3.05) is 5.75 Å². The largest absolute Gasteiger partial charge is 0.491 e. The van der Waals surface area contributed by atoms with Crippen molar-refractivity contribution in [1.29, 1.82) is 0 Å². The van der Waals surface area contributed by atoms with Crippen LogP contribution in [0.15, 0.2) is 29.7 Å². The van der Waals surface area contributed by atoms with Gasteiger partial charge in [0.1, 0.15) is 0 Å². The Labute approximate surface area is 156 Å². The van der Waals surface area contributed by atoms with Gasteiger partial charge in [0.2, 0.25) is 0 Å². The smallest absolute Gasteiger partial charge is 0.400 e. The normalized spacial score (nSPS) is 19.3. The molecule has 2 rings (SSSR count). The van der Waals surface area contributed by atoms with Gasteiger partial charge in [-0.25, -0.2) is 0 Å². The van der Waals surface area contributed by atoms with E-state index in [1.807, 2.05) is 27.7 Å². The minimum atomic E-state index is -0.424. The van der Waals surface area contributed by atoms with Gasteiger partial charge in [-0.2, -0.15) is 0 Å². The predicted octanol–water partition coefficient (Wildman–Crippen LogP) is 4.93. The molecule has 0 unspecified atom stereocenters. The monoisotopic (exact) mass is 360 g/mol. The van der Waals surface area contributed by atoms with Crippen molar-refractivity contribution >= 4 is 30.1 Å². The Morgan fingerprint density at radius 1 is 1.12 bits per heavy atom. The Bertz CT molecular complexity index is 619. The second-order valence-corrected chi connectivity index (χ2v) is 8.73. The Hall–Kier alpha value is -1.04. The predicted molar refractivity (Wildman–Crippen MR) is 108 cm³/mol. The standard InChI is InChI=1S/C20H29BO3S/c1-7-8-16-9-11-17(12-10-16)13-18(14-25-15(2)22)21-23-19(3,4)20(5,6)24-21/h9-13H,7-8,14H2,1-6H3. The lowest BCUT2D eigenvalue weighted by Crippen LogP contribution is -2.41. The fraction of sp³-hybridized carbons (Fsp3) is 0.550. The molecule has 1 saturated heterocycles. The Balaban J connectivity index is 2.25. The molecule has 136 valence electrons. The highest BCUT2D eigenvalue weighted by Crippen LogP contribution is 2.39. The fourth-order valence-corrected chi connectivity index (χ4v) is 3.23. The highest BCUT2D eigenvalue weighted by molar-refractivity contribution is 8.13. The van der Waals surface area contributed by atoms with Gasteiger partial charge in [0.25, 0.3) is 0 Å². The number of hydrogen-bond donors (Lipinski definition) is 0. The summed E-state index contributed by atoms with van der Waals surface area (Å²) in [5.74, 6) is 0.572. The van der Waals surface area contributed by atoms with Crippen LogP contribution in [0.5, 0.6) is 0 Å². The SMILES string of the molecule is CCCc1ccc(C=C(CSC(C)=O)B2OC(C)(C)C(C)(C)O2)cc1.